The molecule has 0 N–H and O–H groups in total. The van der Waals surface area contributed by atoms with Gasteiger partial charge in [-0.1, -0.05) is 25.0 Å². The predicted molar refractivity (Wildman–Crippen MR) is 120 cm³/mol. The second-order valence-electron chi connectivity index (χ2n) is 7.39. The van der Waals surface area contributed by atoms with Crippen molar-refractivity contribution in [1.29, 1.82) is 0 Å². The van der Waals surface area contributed by atoms with E-state index in [1.54, 1.807) is 0 Å². The maximum absolute atomic E-state index is 6.15. The van der Waals surface area contributed by atoms with Gasteiger partial charge in [-0.3, -0.25) is 0 Å². The van der Waals surface area contributed by atoms with Crippen molar-refractivity contribution in [3.05, 3.63) is 68.0 Å². The second kappa shape index (κ2) is 12.8. The van der Waals surface area contributed by atoms with Crippen LogP contribution in [0.3, 0.4) is 0 Å². The third kappa shape index (κ3) is 6.10. The van der Waals surface area contributed by atoms with E-state index < -0.39 is 0 Å². The predicted octanol–water partition coefficient (Wildman–Crippen LogP) is 6.74. The molecular formula is C26H32NbO3. The summed E-state index contributed by atoms with van der Waals surface area (Å²) in [5.74, 6) is 2.77. The van der Waals surface area contributed by atoms with Crippen LogP contribution in [0, 0.1) is 13.8 Å². The molecule has 4 rings (SSSR count). The molecular weight excluding hydrogens is 453 g/mol. The Morgan fingerprint density at radius 2 is 1.70 bits per heavy atom. The smallest absolute Gasteiger partial charge is 0.493 e. The molecule has 0 saturated carbocycles. The Bertz CT molecular complexity index is 816. The van der Waals surface area contributed by atoms with Gasteiger partial charge in [-0.15, -0.1) is 0 Å². The molecule has 3 nitrogen and oxygen atoms in total. The van der Waals surface area contributed by atoms with Crippen LogP contribution in [-0.2, 0) is 35.2 Å². The van der Waals surface area contributed by atoms with Crippen LogP contribution >= 0.6 is 0 Å². The van der Waals surface area contributed by atoms with Crippen molar-refractivity contribution < 1.29 is 36.6 Å². The van der Waals surface area contributed by atoms with E-state index in [0.717, 1.165) is 49.5 Å². The van der Waals surface area contributed by atoms with Crippen molar-refractivity contribution in [2.45, 2.75) is 51.4 Å². The van der Waals surface area contributed by atoms with E-state index in [4.69, 9.17) is 14.2 Å². The van der Waals surface area contributed by atoms with Gasteiger partial charge in [0, 0.05) is 0 Å². The zero-order valence-electron chi connectivity index (χ0n) is 17.8. The van der Waals surface area contributed by atoms with Crippen LogP contribution in [0.15, 0.2) is 43.0 Å². The van der Waals surface area contributed by atoms with Crippen LogP contribution < -0.4 is 14.2 Å². The largest absolute Gasteiger partial charge is 2.00 e. The first kappa shape index (κ1) is 24.5. The van der Waals surface area contributed by atoms with Crippen LogP contribution in [0.25, 0.3) is 11.1 Å². The third-order valence-electron chi connectivity index (χ3n) is 5.33. The molecule has 0 atom stereocenters. The maximum Gasteiger partial charge on any atom is 2.00 e. The molecule has 0 aromatic heterocycles. The molecule has 0 amide bonds. The van der Waals surface area contributed by atoms with Gasteiger partial charge in [0.05, 0.1) is 6.61 Å². The molecule has 0 spiro atoms. The van der Waals surface area contributed by atoms with Crippen molar-refractivity contribution in [2.75, 3.05) is 13.4 Å². The van der Waals surface area contributed by atoms with Gasteiger partial charge in [0.15, 0.2) is 11.5 Å². The van der Waals surface area contributed by atoms with E-state index in [9.17, 15) is 0 Å². The number of unbranched alkanes of at least 4 members (excludes halogenated alkanes) is 3. The number of fused-ring (bicyclic) bond motifs is 2. The number of hydrogen-bond donors (Lipinski definition) is 0. The first-order valence-corrected chi connectivity index (χ1v) is 10.7. The minimum atomic E-state index is 0. The fourth-order valence-corrected chi connectivity index (χ4v) is 3.94. The molecule has 2 aromatic rings. The Morgan fingerprint density at radius 3 is 2.47 bits per heavy atom. The standard InChI is InChI=1S/C23H27O3.C3H5.Nb/c1-2-3-4-7-14-24-21-13-11-18(19-8-5-6-9-20(19)21)17-10-12-22-23(15-17)26-16-25-22;1-3-2;/h10-13,15H,1-9,14,16H2;3H,1-2H2;/q2*-1;+2. The number of benzene rings is 2. The second-order valence-corrected chi connectivity index (χ2v) is 7.39. The van der Waals surface area contributed by atoms with E-state index >= 15 is 0 Å². The van der Waals surface area contributed by atoms with Gasteiger partial charge >= 0.3 is 22.4 Å². The Hall–Kier alpha value is -1.81. The monoisotopic (exact) mass is 485 g/mol. The van der Waals surface area contributed by atoms with Gasteiger partial charge in [0.2, 0.25) is 6.79 Å². The van der Waals surface area contributed by atoms with Gasteiger partial charge in [-0.25, -0.2) is 19.6 Å². The zero-order chi connectivity index (χ0) is 20.5. The van der Waals surface area contributed by atoms with Gasteiger partial charge in [0.1, 0.15) is 5.75 Å². The van der Waals surface area contributed by atoms with E-state index in [0.29, 0.717) is 6.79 Å². The minimum absolute atomic E-state index is 0. The van der Waals surface area contributed by atoms with Gasteiger partial charge in [0.25, 0.3) is 0 Å². The number of hydrogen-bond acceptors (Lipinski definition) is 3. The fraction of sp³-hybridized carbons (Fsp3) is 0.385. The molecule has 1 aliphatic carbocycles. The van der Waals surface area contributed by atoms with Crippen LogP contribution in [0.5, 0.6) is 17.2 Å². The van der Waals surface area contributed by atoms with E-state index in [-0.39, 0.29) is 22.4 Å². The molecule has 1 heterocycles. The fourth-order valence-electron chi connectivity index (χ4n) is 3.94. The summed E-state index contributed by atoms with van der Waals surface area (Å²) in [7, 11) is 0. The first-order valence-electron chi connectivity index (χ1n) is 10.7. The van der Waals surface area contributed by atoms with Gasteiger partial charge < -0.3 is 21.1 Å². The molecule has 0 bridgehead atoms. The summed E-state index contributed by atoms with van der Waals surface area (Å²) >= 11 is 0. The molecule has 2 aromatic carbocycles. The Balaban J connectivity index is 0.000000757. The normalized spacial score (nSPS) is 13.4. The molecule has 0 unspecified atom stereocenters. The van der Waals surface area contributed by atoms with E-state index in [1.807, 2.05) is 6.07 Å². The summed E-state index contributed by atoms with van der Waals surface area (Å²) in [6.45, 7) is 11.5. The van der Waals surface area contributed by atoms with Gasteiger partial charge in [-0.2, -0.15) is 6.42 Å². The molecule has 1 radical (unpaired) electrons. The Labute approximate surface area is 197 Å². The number of ether oxygens (including phenoxy) is 3. The van der Waals surface area contributed by atoms with Crippen LogP contribution in [0.4, 0.5) is 0 Å². The van der Waals surface area contributed by atoms with Crippen LogP contribution in [-0.4, -0.2) is 13.4 Å². The van der Waals surface area contributed by atoms with Crippen molar-refractivity contribution >= 4 is 0 Å². The van der Waals surface area contributed by atoms with Crippen LogP contribution in [0.2, 0.25) is 0 Å². The minimum Gasteiger partial charge on any atom is -0.493 e. The Morgan fingerprint density at radius 1 is 0.967 bits per heavy atom. The van der Waals surface area contributed by atoms with Gasteiger partial charge in [-0.05, 0) is 72.6 Å². The van der Waals surface area contributed by atoms with Crippen molar-refractivity contribution in [1.82, 2.24) is 0 Å². The van der Waals surface area contributed by atoms with Crippen molar-refractivity contribution in [2.24, 2.45) is 0 Å². The van der Waals surface area contributed by atoms with E-state index in [2.05, 4.69) is 44.7 Å². The molecule has 0 fully saturated rings. The zero-order valence-corrected chi connectivity index (χ0v) is 20.0. The average Bonchev–Trinajstić information content (AvgIpc) is 3.22. The maximum atomic E-state index is 6.15. The summed E-state index contributed by atoms with van der Waals surface area (Å²) in [5, 5.41) is 0. The number of allylic oxidation sites excluding steroid dienone is 1. The SMILES string of the molecule is C=C[CH2-].[CH2-]CCCCCOc1ccc(-c2ccc3c(c2)OCO3)c2c1CCCC2.[Nb+2]. The topological polar surface area (TPSA) is 27.7 Å². The summed E-state index contributed by atoms with van der Waals surface area (Å²) in [4.78, 5) is 0. The summed E-state index contributed by atoms with van der Waals surface area (Å²) in [6.07, 6.45) is 10.7. The molecule has 2 aliphatic rings. The van der Waals surface area contributed by atoms with E-state index in [1.165, 1.54) is 54.0 Å². The van der Waals surface area contributed by atoms with Crippen molar-refractivity contribution in [3.63, 3.8) is 0 Å². The molecule has 30 heavy (non-hydrogen) atoms. The average molecular weight is 485 g/mol. The van der Waals surface area contributed by atoms with Crippen LogP contribution in [0.1, 0.15) is 49.7 Å². The first-order chi connectivity index (χ1) is 14.3. The molecule has 4 heteroatoms. The summed E-state index contributed by atoms with van der Waals surface area (Å²) < 4.78 is 17.2. The third-order valence-corrected chi connectivity index (χ3v) is 5.33. The Kier molecular flexibility index (Phi) is 10.4. The molecule has 159 valence electrons. The van der Waals surface area contributed by atoms with Crippen molar-refractivity contribution in [3.8, 4) is 28.4 Å². The quantitative estimate of drug-likeness (QED) is 0.247. The molecule has 1 aliphatic heterocycles. The summed E-state index contributed by atoms with van der Waals surface area (Å²) in [5.41, 5.74) is 5.37. The summed E-state index contributed by atoms with van der Waals surface area (Å²) in [6, 6.07) is 10.6. The molecule has 0 saturated heterocycles. The number of rotatable bonds is 7.